The van der Waals surface area contributed by atoms with Crippen molar-refractivity contribution < 1.29 is 14.3 Å². The summed E-state index contributed by atoms with van der Waals surface area (Å²) in [6.07, 6.45) is 6.31. The quantitative estimate of drug-likeness (QED) is 0.518. The SMILES string of the molecule is CCC=CO[P+](O)(O)C=CCC. The highest BCUT2D eigenvalue weighted by Gasteiger charge is 2.31. The Morgan fingerprint density at radius 1 is 1.17 bits per heavy atom. The van der Waals surface area contributed by atoms with Crippen LogP contribution >= 0.6 is 7.94 Å². The maximum absolute atomic E-state index is 9.18. The van der Waals surface area contributed by atoms with Crippen LogP contribution in [-0.2, 0) is 4.52 Å². The molecule has 70 valence electrons. The molecule has 0 aromatic heterocycles. The van der Waals surface area contributed by atoms with E-state index in [0.717, 1.165) is 12.8 Å². The van der Waals surface area contributed by atoms with E-state index in [2.05, 4.69) is 0 Å². The van der Waals surface area contributed by atoms with E-state index in [1.165, 1.54) is 12.1 Å². The molecule has 4 heteroatoms. The summed E-state index contributed by atoms with van der Waals surface area (Å²) in [6.45, 7) is 3.86. The Bertz CT molecular complexity index is 164. The fraction of sp³-hybridized carbons (Fsp3) is 0.500. The lowest BCUT2D eigenvalue weighted by Gasteiger charge is -2.02. The summed E-state index contributed by atoms with van der Waals surface area (Å²) in [5.41, 5.74) is 0. The largest absolute Gasteiger partial charge is 0.478 e. The van der Waals surface area contributed by atoms with Crippen molar-refractivity contribution in [1.82, 2.24) is 0 Å². The van der Waals surface area contributed by atoms with Gasteiger partial charge in [-0.2, -0.15) is 9.79 Å². The van der Waals surface area contributed by atoms with Crippen LogP contribution in [0.25, 0.3) is 0 Å². The van der Waals surface area contributed by atoms with Crippen molar-refractivity contribution in [2.45, 2.75) is 26.7 Å². The molecule has 0 heterocycles. The number of hydrogen-bond acceptors (Lipinski definition) is 3. The lowest BCUT2D eigenvalue weighted by Crippen LogP contribution is -1.86. The predicted octanol–water partition coefficient (Wildman–Crippen LogP) is 2.60. The summed E-state index contributed by atoms with van der Waals surface area (Å²) in [4.78, 5) is 18.4. The van der Waals surface area contributed by atoms with Crippen LogP contribution in [0.3, 0.4) is 0 Å². The van der Waals surface area contributed by atoms with Gasteiger partial charge in [-0.05, 0) is 25.0 Å². The molecule has 0 aromatic carbocycles. The highest BCUT2D eigenvalue weighted by molar-refractivity contribution is 7.62. The summed E-state index contributed by atoms with van der Waals surface area (Å²) in [5, 5.41) is 0. The third-order valence-corrected chi connectivity index (χ3v) is 2.11. The molecule has 3 nitrogen and oxygen atoms in total. The molecule has 0 fully saturated rings. The van der Waals surface area contributed by atoms with Crippen LogP contribution in [0, 0.1) is 0 Å². The molecule has 0 aliphatic rings. The van der Waals surface area contributed by atoms with Crippen molar-refractivity contribution in [2.24, 2.45) is 0 Å². The molecule has 0 spiro atoms. The fourth-order valence-corrected chi connectivity index (χ4v) is 1.33. The van der Waals surface area contributed by atoms with Crippen LogP contribution in [0.5, 0.6) is 0 Å². The fourth-order valence-electron chi connectivity index (χ4n) is 0.507. The first kappa shape index (κ1) is 11.6. The molecule has 2 N–H and O–H groups in total. The van der Waals surface area contributed by atoms with E-state index < -0.39 is 7.94 Å². The minimum absolute atomic E-state index is 0.768. The minimum atomic E-state index is -3.26. The maximum atomic E-state index is 9.18. The summed E-state index contributed by atoms with van der Waals surface area (Å²) < 4.78 is 4.73. The van der Waals surface area contributed by atoms with E-state index >= 15 is 0 Å². The monoisotopic (exact) mass is 191 g/mol. The summed E-state index contributed by atoms with van der Waals surface area (Å²) >= 11 is 0. The summed E-state index contributed by atoms with van der Waals surface area (Å²) in [6, 6.07) is 0. The van der Waals surface area contributed by atoms with E-state index in [4.69, 9.17) is 4.52 Å². The number of rotatable bonds is 5. The standard InChI is InChI=1S/C8H16O3P/c1-3-5-7-11-12(9,10)8-6-4-2/h5-10H,3-4H2,1-2H3/q+1. The van der Waals surface area contributed by atoms with Crippen LogP contribution in [0.1, 0.15) is 26.7 Å². The average Bonchev–Trinajstić information content (AvgIpc) is 2.01. The van der Waals surface area contributed by atoms with Gasteiger partial charge < -0.3 is 0 Å². The Morgan fingerprint density at radius 2 is 1.75 bits per heavy atom. The number of allylic oxidation sites excluding steroid dienone is 2. The Morgan fingerprint density at radius 3 is 2.25 bits per heavy atom. The Balaban J connectivity index is 3.86. The van der Waals surface area contributed by atoms with E-state index in [9.17, 15) is 9.79 Å². The van der Waals surface area contributed by atoms with Gasteiger partial charge in [0, 0.05) is 0 Å². The van der Waals surface area contributed by atoms with Crippen molar-refractivity contribution in [3.05, 3.63) is 24.2 Å². The smallest absolute Gasteiger partial charge is 0.290 e. The van der Waals surface area contributed by atoms with Gasteiger partial charge in [0.15, 0.2) is 5.82 Å². The summed E-state index contributed by atoms with van der Waals surface area (Å²) in [7, 11) is -3.26. The van der Waals surface area contributed by atoms with Gasteiger partial charge in [-0.1, -0.05) is 13.8 Å². The molecule has 0 bridgehead atoms. The first-order valence-corrected chi connectivity index (χ1v) is 5.66. The van der Waals surface area contributed by atoms with Crippen LogP contribution in [0.4, 0.5) is 0 Å². The second-order valence-corrected chi connectivity index (χ2v) is 3.95. The maximum Gasteiger partial charge on any atom is 0.478 e. The van der Waals surface area contributed by atoms with Crippen molar-refractivity contribution in [1.29, 1.82) is 0 Å². The zero-order valence-corrected chi connectivity index (χ0v) is 8.37. The average molecular weight is 191 g/mol. The Hall–Kier alpha value is -0.370. The Kier molecular flexibility index (Phi) is 5.99. The molecule has 0 radical (unpaired) electrons. The highest BCUT2D eigenvalue weighted by Crippen LogP contribution is 2.53. The second kappa shape index (κ2) is 6.18. The van der Waals surface area contributed by atoms with Gasteiger partial charge >= 0.3 is 7.94 Å². The van der Waals surface area contributed by atoms with Gasteiger partial charge in [0.1, 0.15) is 6.26 Å². The molecule has 0 saturated carbocycles. The molecule has 0 aromatic rings. The Labute approximate surface area is 74.0 Å². The molecule has 12 heavy (non-hydrogen) atoms. The molecule has 0 saturated heterocycles. The molecule has 0 amide bonds. The van der Waals surface area contributed by atoms with Gasteiger partial charge in [-0.25, -0.2) is 0 Å². The first-order valence-electron chi connectivity index (χ1n) is 3.97. The normalized spacial score (nSPS) is 13.0. The van der Waals surface area contributed by atoms with Gasteiger partial charge in [0.05, 0.1) is 0 Å². The highest BCUT2D eigenvalue weighted by atomic mass is 31.2. The van der Waals surface area contributed by atoms with Crippen LogP contribution in [0.15, 0.2) is 24.2 Å². The van der Waals surface area contributed by atoms with Gasteiger partial charge in [-0.3, -0.25) is 4.52 Å². The van der Waals surface area contributed by atoms with E-state index in [1.807, 2.05) is 13.8 Å². The molecule has 0 aliphatic carbocycles. The molecular weight excluding hydrogens is 175 g/mol. The van der Waals surface area contributed by atoms with Crippen LogP contribution in [0.2, 0.25) is 0 Å². The zero-order valence-electron chi connectivity index (χ0n) is 7.47. The lowest BCUT2D eigenvalue weighted by molar-refractivity contribution is 0.321. The first-order chi connectivity index (χ1) is 5.62. The van der Waals surface area contributed by atoms with Gasteiger partial charge in [0.25, 0.3) is 0 Å². The topological polar surface area (TPSA) is 49.7 Å². The van der Waals surface area contributed by atoms with E-state index in [-0.39, 0.29) is 0 Å². The summed E-state index contributed by atoms with van der Waals surface area (Å²) in [5.74, 6) is 1.31. The number of hydrogen-bond donors (Lipinski definition) is 2. The third-order valence-electron chi connectivity index (χ3n) is 1.08. The molecule has 0 atom stereocenters. The van der Waals surface area contributed by atoms with E-state index in [1.54, 1.807) is 12.2 Å². The van der Waals surface area contributed by atoms with Crippen molar-refractivity contribution in [2.75, 3.05) is 0 Å². The van der Waals surface area contributed by atoms with Crippen LogP contribution < -0.4 is 0 Å². The predicted molar refractivity (Wildman–Crippen MR) is 51.3 cm³/mol. The van der Waals surface area contributed by atoms with Crippen molar-refractivity contribution >= 4 is 7.94 Å². The molecule has 0 rings (SSSR count). The molecule has 0 unspecified atom stereocenters. The lowest BCUT2D eigenvalue weighted by atomic mass is 10.5. The minimum Gasteiger partial charge on any atom is -0.290 e. The second-order valence-electron chi connectivity index (χ2n) is 2.27. The molecule has 0 aliphatic heterocycles. The third kappa shape index (κ3) is 6.35. The van der Waals surface area contributed by atoms with Crippen LogP contribution in [-0.4, -0.2) is 9.79 Å². The molecular formula is C8H16O3P+. The van der Waals surface area contributed by atoms with Gasteiger partial charge in [0.2, 0.25) is 0 Å². The van der Waals surface area contributed by atoms with Crippen molar-refractivity contribution in [3.8, 4) is 0 Å². The zero-order chi connectivity index (χ0) is 9.45. The van der Waals surface area contributed by atoms with Gasteiger partial charge in [-0.15, -0.1) is 0 Å². The van der Waals surface area contributed by atoms with Crippen molar-refractivity contribution in [3.63, 3.8) is 0 Å². The van der Waals surface area contributed by atoms with E-state index in [0.29, 0.717) is 0 Å².